The van der Waals surface area contributed by atoms with E-state index < -0.39 is 11.8 Å². The number of anilines is 4. The van der Waals surface area contributed by atoms with Gasteiger partial charge in [0.25, 0.3) is 11.5 Å². The smallest absolute Gasteiger partial charge is 0.302 e. The summed E-state index contributed by atoms with van der Waals surface area (Å²) in [7, 11) is 1.60. The van der Waals surface area contributed by atoms with Crippen LogP contribution in [0.25, 0.3) is 11.1 Å². The van der Waals surface area contributed by atoms with E-state index in [1.54, 1.807) is 36.5 Å². The second-order valence-electron chi connectivity index (χ2n) is 14.5. The molecule has 5 heterocycles. The summed E-state index contributed by atoms with van der Waals surface area (Å²) in [6, 6.07) is 9.93. The van der Waals surface area contributed by atoms with Crippen molar-refractivity contribution in [3.05, 3.63) is 87.5 Å². The topological polar surface area (TPSA) is 105 Å². The molecule has 3 aromatic heterocycles. The Hall–Kier alpha value is -5.04. The summed E-state index contributed by atoms with van der Waals surface area (Å²) in [5.41, 5.74) is 5.52. The summed E-state index contributed by atoms with van der Waals surface area (Å²) in [5.74, 6) is -0.891. The van der Waals surface area contributed by atoms with Crippen LogP contribution in [0.5, 0.6) is 0 Å². The number of piperazine rings is 1. The highest BCUT2D eigenvalue weighted by atomic mass is 19.1. The maximum absolute atomic E-state index is 15.6. The molecule has 0 saturated carbocycles. The normalized spacial score (nSPS) is 17.0. The molecule has 0 unspecified atom stereocenters. The van der Waals surface area contributed by atoms with Gasteiger partial charge in [0, 0.05) is 82.8 Å². The van der Waals surface area contributed by atoms with Crippen LogP contribution in [-0.4, -0.2) is 76.8 Å². The third-order valence-electron chi connectivity index (χ3n) is 10.2. The zero-order valence-corrected chi connectivity index (χ0v) is 29.5. The first-order valence-corrected chi connectivity index (χ1v) is 17.4. The molecule has 7 rings (SSSR count). The monoisotopic (exact) mass is 699 g/mol. The van der Waals surface area contributed by atoms with Crippen molar-refractivity contribution >= 4 is 34.8 Å². The van der Waals surface area contributed by atoms with Crippen molar-refractivity contribution in [1.82, 2.24) is 19.0 Å². The molecule has 268 valence electrons. The van der Waals surface area contributed by atoms with E-state index in [0.29, 0.717) is 53.5 Å². The summed E-state index contributed by atoms with van der Waals surface area (Å²) in [6.07, 6.45) is 5.11. The van der Waals surface area contributed by atoms with Crippen LogP contribution in [0.4, 0.5) is 31.7 Å². The lowest BCUT2D eigenvalue weighted by Gasteiger charge is -2.35. The minimum atomic E-state index is -0.573. The van der Waals surface area contributed by atoms with Gasteiger partial charge in [0.1, 0.15) is 36.3 Å². The SMILES string of the molecule is CC(=O)OCc1c(-c2cc(Nc3ccc(N4CCN(CCF)CC4)cn3)c(=O)n(C)c2)cc(F)cc1N1CCn2c(cc3c2CC(C)(C)C3)C1=O. The zero-order valence-electron chi connectivity index (χ0n) is 29.5. The van der Waals surface area contributed by atoms with Gasteiger partial charge >= 0.3 is 5.97 Å². The van der Waals surface area contributed by atoms with E-state index in [2.05, 4.69) is 38.5 Å². The number of esters is 1. The predicted molar refractivity (Wildman–Crippen MR) is 192 cm³/mol. The van der Waals surface area contributed by atoms with Gasteiger partial charge in [-0.25, -0.2) is 13.8 Å². The number of aromatic nitrogens is 3. The Morgan fingerprint density at radius 2 is 1.80 bits per heavy atom. The number of nitrogens with one attached hydrogen (secondary N) is 1. The van der Waals surface area contributed by atoms with Gasteiger partial charge in [-0.2, -0.15) is 0 Å². The van der Waals surface area contributed by atoms with Crippen molar-refractivity contribution in [2.45, 2.75) is 46.8 Å². The Morgan fingerprint density at radius 1 is 1.02 bits per heavy atom. The Morgan fingerprint density at radius 3 is 2.51 bits per heavy atom. The second-order valence-corrected chi connectivity index (χ2v) is 14.5. The van der Waals surface area contributed by atoms with Crippen molar-refractivity contribution in [3.63, 3.8) is 0 Å². The molecule has 1 saturated heterocycles. The minimum absolute atomic E-state index is 0.138. The number of halogens is 2. The number of nitrogens with zero attached hydrogens (tertiary/aromatic N) is 6. The molecular weight excluding hydrogens is 656 g/mol. The van der Waals surface area contributed by atoms with E-state index in [0.717, 1.165) is 44.7 Å². The van der Waals surface area contributed by atoms with E-state index in [4.69, 9.17) is 4.74 Å². The molecule has 0 bridgehead atoms. The van der Waals surface area contributed by atoms with Crippen molar-refractivity contribution in [1.29, 1.82) is 0 Å². The van der Waals surface area contributed by atoms with Crippen LogP contribution < -0.4 is 20.7 Å². The fourth-order valence-corrected chi connectivity index (χ4v) is 7.67. The summed E-state index contributed by atoms with van der Waals surface area (Å²) in [4.78, 5) is 49.8. The number of aryl methyl sites for hydroxylation is 1. The maximum atomic E-state index is 15.6. The van der Waals surface area contributed by atoms with Gasteiger partial charge in [0.2, 0.25) is 0 Å². The Balaban J connectivity index is 1.20. The van der Waals surface area contributed by atoms with Crippen LogP contribution in [0.15, 0.2) is 53.6 Å². The highest BCUT2D eigenvalue weighted by Gasteiger charge is 2.37. The van der Waals surface area contributed by atoms with Gasteiger partial charge in [0.15, 0.2) is 0 Å². The van der Waals surface area contributed by atoms with Gasteiger partial charge in [0.05, 0.1) is 17.6 Å². The van der Waals surface area contributed by atoms with Crippen molar-refractivity contribution in [3.8, 4) is 11.1 Å². The molecular formula is C38H43F2N7O4. The van der Waals surface area contributed by atoms with Gasteiger partial charge in [-0.15, -0.1) is 0 Å². The summed E-state index contributed by atoms with van der Waals surface area (Å²) in [5, 5.41) is 3.12. The van der Waals surface area contributed by atoms with E-state index in [1.807, 2.05) is 12.1 Å². The van der Waals surface area contributed by atoms with Crippen LogP contribution in [0.2, 0.25) is 0 Å². The van der Waals surface area contributed by atoms with E-state index in [1.165, 1.54) is 34.9 Å². The predicted octanol–water partition coefficient (Wildman–Crippen LogP) is 5.07. The highest BCUT2D eigenvalue weighted by molar-refractivity contribution is 6.07. The average Bonchev–Trinajstić information content (AvgIpc) is 3.59. The Bertz CT molecular complexity index is 2050. The molecule has 1 fully saturated rings. The van der Waals surface area contributed by atoms with Crippen LogP contribution in [0.1, 0.15) is 48.1 Å². The number of carbonyl (C=O) groups is 2. The van der Waals surface area contributed by atoms with Crippen LogP contribution in [0.3, 0.4) is 0 Å². The standard InChI is InChI=1S/C38H43F2N7O4/c1-24(48)51-23-30-29(17-27(40)18-32(30)47-14-13-46-33(37(47)50)16-25-19-38(2,3)20-34(25)46)26-15-31(36(49)43(4)22-26)42-35-6-5-28(21-41-35)45-11-9-44(8-7-39)10-12-45/h5-6,15-18,21-22H,7-14,19-20,23H2,1-4H3,(H,41,42). The molecule has 1 aliphatic carbocycles. The highest BCUT2D eigenvalue weighted by Crippen LogP contribution is 2.41. The number of alkyl halides is 1. The zero-order chi connectivity index (χ0) is 36.0. The summed E-state index contributed by atoms with van der Waals surface area (Å²) < 4.78 is 37.3. The van der Waals surface area contributed by atoms with Gasteiger partial charge in [-0.3, -0.25) is 19.3 Å². The quantitative estimate of drug-likeness (QED) is 0.242. The van der Waals surface area contributed by atoms with Gasteiger partial charge in [-0.1, -0.05) is 13.8 Å². The average molecular weight is 700 g/mol. The molecule has 2 aliphatic heterocycles. The first-order valence-electron chi connectivity index (χ1n) is 17.4. The molecule has 51 heavy (non-hydrogen) atoms. The number of rotatable bonds is 9. The molecule has 1 N–H and O–H groups in total. The summed E-state index contributed by atoms with van der Waals surface area (Å²) in [6.45, 7) is 9.57. The first-order chi connectivity index (χ1) is 24.4. The maximum Gasteiger partial charge on any atom is 0.302 e. The number of ether oxygens (including phenoxy) is 1. The fourth-order valence-electron chi connectivity index (χ4n) is 7.67. The lowest BCUT2D eigenvalue weighted by Crippen LogP contribution is -2.47. The largest absolute Gasteiger partial charge is 0.461 e. The van der Waals surface area contributed by atoms with Gasteiger partial charge < -0.3 is 29.0 Å². The number of fused-ring (bicyclic) bond motifs is 3. The third-order valence-corrected chi connectivity index (χ3v) is 10.2. The molecule has 1 amide bonds. The number of pyridine rings is 2. The molecule has 0 radical (unpaired) electrons. The van der Waals surface area contributed by atoms with E-state index >= 15 is 4.39 Å². The minimum Gasteiger partial charge on any atom is -0.461 e. The van der Waals surface area contributed by atoms with Crippen molar-refractivity contribution in [2.75, 3.05) is 61.1 Å². The van der Waals surface area contributed by atoms with Crippen molar-refractivity contribution in [2.24, 2.45) is 12.5 Å². The van der Waals surface area contributed by atoms with Crippen molar-refractivity contribution < 1.29 is 23.1 Å². The fraction of sp³-hybridized carbons (Fsp3) is 0.421. The number of hydrogen-bond acceptors (Lipinski definition) is 8. The number of amides is 1. The molecule has 0 atom stereocenters. The number of carbonyl (C=O) groups excluding carboxylic acids is 2. The third kappa shape index (κ3) is 6.86. The van der Waals surface area contributed by atoms with Crippen LogP contribution in [0, 0.1) is 11.2 Å². The number of hydrogen-bond donors (Lipinski definition) is 1. The lowest BCUT2D eigenvalue weighted by atomic mass is 9.90. The molecule has 1 aromatic carbocycles. The second kappa shape index (κ2) is 13.6. The van der Waals surface area contributed by atoms with Gasteiger partial charge in [-0.05, 0) is 65.8 Å². The first kappa shape index (κ1) is 34.4. The Kier molecular flexibility index (Phi) is 9.17. The van der Waals surface area contributed by atoms with Crippen LogP contribution >= 0.6 is 0 Å². The molecule has 4 aromatic rings. The number of benzene rings is 1. The van der Waals surface area contributed by atoms with Crippen LogP contribution in [-0.2, 0) is 42.6 Å². The molecule has 13 heteroatoms. The molecule has 11 nitrogen and oxygen atoms in total. The Labute approximate surface area is 295 Å². The molecule has 3 aliphatic rings. The molecule has 0 spiro atoms. The summed E-state index contributed by atoms with van der Waals surface area (Å²) >= 11 is 0. The van der Waals surface area contributed by atoms with E-state index in [-0.39, 0.29) is 35.9 Å². The van der Waals surface area contributed by atoms with E-state index in [9.17, 15) is 18.8 Å². The lowest BCUT2D eigenvalue weighted by molar-refractivity contribution is -0.142.